The molecule has 3 nitrogen and oxygen atoms in total. The number of anilines is 1. The largest absolute Gasteiger partial charge is 0.357 e. The zero-order valence-electron chi connectivity index (χ0n) is 8.20. The van der Waals surface area contributed by atoms with Crippen molar-refractivity contribution in [3.8, 4) is 0 Å². The second-order valence-corrected chi connectivity index (χ2v) is 3.76. The van der Waals surface area contributed by atoms with Gasteiger partial charge in [0, 0.05) is 13.6 Å². The Hall–Kier alpha value is -1.10. The Morgan fingerprint density at radius 1 is 1.64 bits per heavy atom. The molecule has 0 unspecified atom stereocenters. The molecule has 0 bridgehead atoms. The smallest absolute Gasteiger partial charge is 0.183 e. The first-order valence-electron chi connectivity index (χ1n) is 4.27. The van der Waals surface area contributed by atoms with Gasteiger partial charge in [-0.25, -0.2) is 14.4 Å². The van der Waals surface area contributed by atoms with E-state index in [1.54, 1.807) is 11.9 Å². The molecule has 1 aromatic heterocycles. The van der Waals surface area contributed by atoms with Crippen molar-refractivity contribution in [2.24, 2.45) is 0 Å². The molecule has 1 heterocycles. The number of nitrogens with zero attached hydrogens (tertiary/aromatic N) is 3. The molecule has 0 aromatic carbocycles. The average Bonchev–Trinajstić information content (AvgIpc) is 2.15. The molecule has 1 rings (SSSR count). The molecule has 0 saturated heterocycles. The van der Waals surface area contributed by atoms with Gasteiger partial charge in [0.15, 0.2) is 11.6 Å². The van der Waals surface area contributed by atoms with Crippen molar-refractivity contribution >= 4 is 22.9 Å². The first kappa shape index (κ1) is 11.0. The first-order valence-corrected chi connectivity index (χ1v) is 4.68. The Labute approximate surface area is 88.0 Å². The van der Waals surface area contributed by atoms with Gasteiger partial charge in [0.25, 0.3) is 0 Å². The normalized spacial score (nSPS) is 9.93. The van der Waals surface area contributed by atoms with Gasteiger partial charge in [0.2, 0.25) is 0 Å². The maximum Gasteiger partial charge on any atom is 0.183 e. The van der Waals surface area contributed by atoms with Crippen LogP contribution in [0.15, 0.2) is 12.5 Å². The van der Waals surface area contributed by atoms with E-state index in [2.05, 4.69) is 9.97 Å². The van der Waals surface area contributed by atoms with Gasteiger partial charge in [0.1, 0.15) is 6.33 Å². The summed E-state index contributed by atoms with van der Waals surface area (Å²) in [6.07, 6.45) is 3.25. The van der Waals surface area contributed by atoms with Crippen molar-refractivity contribution in [3.05, 3.63) is 18.3 Å². The van der Waals surface area contributed by atoms with Crippen LogP contribution in [0.3, 0.4) is 0 Å². The van der Waals surface area contributed by atoms with Crippen LogP contribution in [-0.4, -0.2) is 28.4 Å². The van der Waals surface area contributed by atoms with Gasteiger partial charge in [-0.05, 0) is 18.2 Å². The van der Waals surface area contributed by atoms with Crippen LogP contribution in [0.1, 0.15) is 13.3 Å². The monoisotopic (exact) mass is 213 g/mol. The van der Waals surface area contributed by atoms with E-state index in [9.17, 15) is 4.39 Å². The van der Waals surface area contributed by atoms with E-state index in [-0.39, 0.29) is 0 Å². The molecule has 0 amide bonds. The summed E-state index contributed by atoms with van der Waals surface area (Å²) in [7, 11) is 1.78. The van der Waals surface area contributed by atoms with Crippen molar-refractivity contribution < 1.29 is 4.39 Å². The van der Waals surface area contributed by atoms with E-state index in [0.717, 1.165) is 17.5 Å². The number of thiocarbonyl (C=S) groups is 1. The fraction of sp³-hybridized carbons (Fsp3) is 0.444. The van der Waals surface area contributed by atoms with E-state index in [1.807, 2.05) is 6.92 Å². The molecular weight excluding hydrogens is 201 g/mol. The van der Waals surface area contributed by atoms with Crippen molar-refractivity contribution in [3.63, 3.8) is 0 Å². The molecule has 0 saturated carbocycles. The Kier molecular flexibility index (Phi) is 3.88. The molecule has 0 atom stereocenters. The minimum absolute atomic E-state index is 0.316. The summed E-state index contributed by atoms with van der Waals surface area (Å²) >= 11 is 4.94. The third kappa shape index (κ3) is 2.99. The van der Waals surface area contributed by atoms with Gasteiger partial charge < -0.3 is 4.90 Å². The molecule has 0 aliphatic carbocycles. The van der Waals surface area contributed by atoms with Crippen molar-refractivity contribution in [1.82, 2.24) is 9.97 Å². The minimum atomic E-state index is -0.406. The summed E-state index contributed by atoms with van der Waals surface area (Å²) in [4.78, 5) is 10.1. The van der Waals surface area contributed by atoms with Gasteiger partial charge in [-0.2, -0.15) is 0 Å². The number of aromatic nitrogens is 2. The Balaban J connectivity index is 2.65. The predicted molar refractivity (Wildman–Crippen MR) is 58.1 cm³/mol. The minimum Gasteiger partial charge on any atom is -0.357 e. The standard InChI is InChI=1S/C9H12FN3S/c1-7(14)3-4-13(2)9-8(10)5-11-6-12-9/h5-6H,3-4H2,1-2H3. The van der Waals surface area contributed by atoms with Crippen molar-refractivity contribution in [2.75, 3.05) is 18.5 Å². The fourth-order valence-corrected chi connectivity index (χ4v) is 1.11. The lowest BCUT2D eigenvalue weighted by atomic mass is 10.3. The Morgan fingerprint density at radius 3 is 2.93 bits per heavy atom. The summed E-state index contributed by atoms with van der Waals surface area (Å²) in [5.74, 6) is -0.0896. The second kappa shape index (κ2) is 4.95. The zero-order chi connectivity index (χ0) is 10.6. The highest BCUT2D eigenvalue weighted by Gasteiger charge is 2.08. The van der Waals surface area contributed by atoms with Crippen LogP contribution < -0.4 is 4.90 Å². The van der Waals surface area contributed by atoms with Crippen molar-refractivity contribution in [1.29, 1.82) is 0 Å². The van der Waals surface area contributed by atoms with Gasteiger partial charge >= 0.3 is 0 Å². The molecule has 0 radical (unpaired) electrons. The zero-order valence-corrected chi connectivity index (χ0v) is 9.01. The highest BCUT2D eigenvalue weighted by atomic mass is 32.1. The highest BCUT2D eigenvalue weighted by molar-refractivity contribution is 7.80. The third-order valence-electron chi connectivity index (χ3n) is 1.81. The molecule has 5 heteroatoms. The first-order chi connectivity index (χ1) is 6.61. The molecule has 0 spiro atoms. The second-order valence-electron chi connectivity index (χ2n) is 3.07. The number of rotatable bonds is 4. The van der Waals surface area contributed by atoms with Crippen LogP contribution in [-0.2, 0) is 0 Å². The average molecular weight is 213 g/mol. The Morgan fingerprint density at radius 2 is 2.36 bits per heavy atom. The lowest BCUT2D eigenvalue weighted by Crippen LogP contribution is -2.22. The van der Waals surface area contributed by atoms with Gasteiger partial charge in [-0.15, -0.1) is 0 Å². The SMILES string of the molecule is CC(=S)CCN(C)c1ncncc1F. The van der Waals surface area contributed by atoms with Crippen LogP contribution in [0, 0.1) is 5.82 Å². The fourth-order valence-electron chi connectivity index (χ4n) is 1.02. The number of hydrogen-bond acceptors (Lipinski definition) is 4. The number of hydrogen-bond donors (Lipinski definition) is 0. The van der Waals surface area contributed by atoms with Crippen LogP contribution in [0.2, 0.25) is 0 Å². The summed E-state index contributed by atoms with van der Waals surface area (Å²) in [6.45, 7) is 2.54. The number of halogens is 1. The lowest BCUT2D eigenvalue weighted by molar-refractivity contribution is 0.608. The topological polar surface area (TPSA) is 29.0 Å². The molecule has 1 aromatic rings. The molecule has 0 aliphatic rings. The molecular formula is C9H12FN3S. The van der Waals surface area contributed by atoms with Crippen LogP contribution >= 0.6 is 12.2 Å². The van der Waals surface area contributed by atoms with Gasteiger partial charge in [-0.3, -0.25) is 0 Å². The van der Waals surface area contributed by atoms with E-state index in [0.29, 0.717) is 12.4 Å². The molecule has 76 valence electrons. The Bertz CT molecular complexity index is 330. The van der Waals surface area contributed by atoms with Crippen LogP contribution in [0.25, 0.3) is 0 Å². The van der Waals surface area contributed by atoms with E-state index in [4.69, 9.17) is 12.2 Å². The molecule has 0 aliphatic heterocycles. The maximum atomic E-state index is 13.2. The summed E-state index contributed by atoms with van der Waals surface area (Å²) in [6, 6.07) is 0. The molecule has 0 N–H and O–H groups in total. The quantitative estimate of drug-likeness (QED) is 0.714. The molecule has 14 heavy (non-hydrogen) atoms. The van der Waals surface area contributed by atoms with E-state index < -0.39 is 5.82 Å². The van der Waals surface area contributed by atoms with Crippen molar-refractivity contribution in [2.45, 2.75) is 13.3 Å². The third-order valence-corrected chi connectivity index (χ3v) is 2.01. The molecule has 0 fully saturated rings. The van der Waals surface area contributed by atoms with E-state index >= 15 is 0 Å². The van der Waals surface area contributed by atoms with E-state index in [1.165, 1.54) is 6.33 Å². The summed E-state index contributed by atoms with van der Waals surface area (Å²) in [5.41, 5.74) is 0. The highest BCUT2D eigenvalue weighted by Crippen LogP contribution is 2.12. The van der Waals surface area contributed by atoms with Crippen LogP contribution in [0.5, 0.6) is 0 Å². The van der Waals surface area contributed by atoms with Gasteiger partial charge in [0.05, 0.1) is 6.20 Å². The summed E-state index contributed by atoms with van der Waals surface area (Å²) < 4.78 is 13.2. The predicted octanol–water partition coefficient (Wildman–Crippen LogP) is 1.83. The van der Waals surface area contributed by atoms with Gasteiger partial charge in [-0.1, -0.05) is 12.2 Å². The van der Waals surface area contributed by atoms with Crippen LogP contribution in [0.4, 0.5) is 10.2 Å². The summed E-state index contributed by atoms with van der Waals surface area (Å²) in [5, 5.41) is 0. The maximum absolute atomic E-state index is 13.2. The lowest BCUT2D eigenvalue weighted by Gasteiger charge is -2.17.